The number of aromatic carboxylic acids is 1. The van der Waals surface area contributed by atoms with Crippen LogP contribution in [0.4, 0.5) is 24.8 Å². The first kappa shape index (κ1) is 21.3. The maximum absolute atomic E-state index is 12.7. The molecule has 0 bridgehead atoms. The van der Waals surface area contributed by atoms with Gasteiger partial charge in [0.2, 0.25) is 5.95 Å². The monoisotopic (exact) mass is 461 g/mol. The lowest BCUT2D eigenvalue weighted by molar-refractivity contribution is -0.138. The van der Waals surface area contributed by atoms with Gasteiger partial charge in [0.15, 0.2) is 5.65 Å². The molecule has 0 radical (unpaired) electrons. The number of anilines is 2. The summed E-state index contributed by atoms with van der Waals surface area (Å²) in [5.74, 6) is -1.30. The standard InChI is InChI=1S/C19H11ClF3N7O2/c1-8-4-12(30-18-25-5-9(6-26-18)19(21,22)23)15-16(27-8)29-13(7-24-15)14-10(20)2-3-11(28-14)17(31)32/h2-7H,1H3,(H,31,32)(H,25,26,27,29,30). The molecule has 0 atom stereocenters. The second-order valence-corrected chi connectivity index (χ2v) is 6.90. The van der Waals surface area contributed by atoms with Gasteiger partial charge in [0.05, 0.1) is 22.5 Å². The van der Waals surface area contributed by atoms with Gasteiger partial charge in [-0.15, -0.1) is 0 Å². The minimum atomic E-state index is -4.55. The van der Waals surface area contributed by atoms with Crippen LogP contribution in [0.3, 0.4) is 0 Å². The molecule has 0 fully saturated rings. The fraction of sp³-hybridized carbons (Fsp3) is 0.105. The van der Waals surface area contributed by atoms with E-state index in [0.717, 1.165) is 0 Å². The molecule has 162 valence electrons. The van der Waals surface area contributed by atoms with Crippen molar-refractivity contribution in [3.05, 3.63) is 58.8 Å². The van der Waals surface area contributed by atoms with Gasteiger partial charge in [-0.3, -0.25) is 0 Å². The molecule has 4 aromatic heterocycles. The van der Waals surface area contributed by atoms with E-state index in [1.807, 2.05) is 0 Å². The van der Waals surface area contributed by atoms with Crippen molar-refractivity contribution in [2.75, 3.05) is 5.32 Å². The van der Waals surface area contributed by atoms with Gasteiger partial charge in [0.25, 0.3) is 0 Å². The predicted molar refractivity (Wildman–Crippen MR) is 108 cm³/mol. The Kier molecular flexibility index (Phi) is 5.30. The van der Waals surface area contributed by atoms with Crippen LogP contribution in [0.5, 0.6) is 0 Å². The molecule has 4 rings (SSSR count). The molecule has 0 aliphatic carbocycles. The van der Waals surface area contributed by atoms with E-state index in [1.165, 1.54) is 18.3 Å². The number of rotatable bonds is 4. The Labute approximate surface area is 182 Å². The number of aromatic nitrogens is 6. The highest BCUT2D eigenvalue weighted by Crippen LogP contribution is 2.30. The maximum atomic E-state index is 12.7. The zero-order valence-electron chi connectivity index (χ0n) is 16.0. The molecule has 4 aromatic rings. The molecule has 0 aromatic carbocycles. The zero-order chi connectivity index (χ0) is 23.0. The van der Waals surface area contributed by atoms with E-state index < -0.39 is 17.7 Å². The largest absolute Gasteiger partial charge is 0.477 e. The number of alkyl halides is 3. The van der Waals surface area contributed by atoms with Crippen LogP contribution >= 0.6 is 11.6 Å². The van der Waals surface area contributed by atoms with E-state index in [2.05, 4.69) is 35.2 Å². The van der Waals surface area contributed by atoms with Gasteiger partial charge in [-0.1, -0.05) is 11.6 Å². The molecule has 0 saturated heterocycles. The zero-order valence-corrected chi connectivity index (χ0v) is 16.8. The van der Waals surface area contributed by atoms with Gasteiger partial charge in [-0.05, 0) is 25.1 Å². The van der Waals surface area contributed by atoms with Crippen LogP contribution in [-0.2, 0) is 6.18 Å². The van der Waals surface area contributed by atoms with Crippen molar-refractivity contribution < 1.29 is 23.1 Å². The summed E-state index contributed by atoms with van der Waals surface area (Å²) in [4.78, 5) is 35.6. The average molecular weight is 462 g/mol. The normalized spacial score (nSPS) is 11.5. The number of nitrogens with zero attached hydrogens (tertiary/aromatic N) is 6. The summed E-state index contributed by atoms with van der Waals surface area (Å²) in [6, 6.07) is 4.25. The Morgan fingerprint density at radius 1 is 1.06 bits per heavy atom. The van der Waals surface area contributed by atoms with E-state index in [-0.39, 0.29) is 39.2 Å². The molecular formula is C19H11ClF3N7O2. The van der Waals surface area contributed by atoms with Gasteiger partial charge in [0.1, 0.15) is 22.6 Å². The summed E-state index contributed by atoms with van der Waals surface area (Å²) in [6.07, 6.45) is -1.89. The van der Waals surface area contributed by atoms with E-state index in [1.54, 1.807) is 13.0 Å². The number of fused-ring (bicyclic) bond motifs is 1. The number of carbonyl (C=O) groups is 1. The summed E-state index contributed by atoms with van der Waals surface area (Å²) < 4.78 is 38.1. The Morgan fingerprint density at radius 2 is 1.78 bits per heavy atom. The van der Waals surface area contributed by atoms with Gasteiger partial charge in [0, 0.05) is 18.1 Å². The quantitative estimate of drug-likeness (QED) is 0.457. The third-order valence-corrected chi connectivity index (χ3v) is 4.48. The summed E-state index contributed by atoms with van der Waals surface area (Å²) in [6.45, 7) is 1.68. The van der Waals surface area contributed by atoms with Crippen LogP contribution in [0.1, 0.15) is 21.7 Å². The number of aryl methyl sites for hydroxylation is 1. The first-order valence-electron chi connectivity index (χ1n) is 8.82. The minimum Gasteiger partial charge on any atom is -0.477 e. The molecule has 2 N–H and O–H groups in total. The molecular weight excluding hydrogens is 451 g/mol. The highest BCUT2D eigenvalue weighted by molar-refractivity contribution is 6.33. The number of hydrogen-bond acceptors (Lipinski definition) is 8. The van der Waals surface area contributed by atoms with E-state index in [4.69, 9.17) is 16.7 Å². The maximum Gasteiger partial charge on any atom is 0.419 e. The number of hydrogen-bond donors (Lipinski definition) is 2. The Bertz CT molecular complexity index is 1350. The van der Waals surface area contributed by atoms with Crippen LogP contribution in [0.25, 0.3) is 22.6 Å². The van der Waals surface area contributed by atoms with Gasteiger partial charge in [-0.2, -0.15) is 13.2 Å². The Morgan fingerprint density at radius 3 is 2.44 bits per heavy atom. The number of halogens is 4. The number of carboxylic acids is 1. The third kappa shape index (κ3) is 4.25. The third-order valence-electron chi connectivity index (χ3n) is 4.18. The lowest BCUT2D eigenvalue weighted by Crippen LogP contribution is -2.08. The van der Waals surface area contributed by atoms with Crippen LogP contribution < -0.4 is 5.32 Å². The predicted octanol–water partition coefficient (Wildman–Crippen LogP) is 4.30. The summed E-state index contributed by atoms with van der Waals surface area (Å²) in [7, 11) is 0. The second-order valence-electron chi connectivity index (χ2n) is 6.49. The summed E-state index contributed by atoms with van der Waals surface area (Å²) >= 11 is 6.15. The number of nitrogens with one attached hydrogen (secondary N) is 1. The molecule has 32 heavy (non-hydrogen) atoms. The van der Waals surface area contributed by atoms with E-state index >= 15 is 0 Å². The van der Waals surface area contributed by atoms with Gasteiger partial charge < -0.3 is 10.4 Å². The fourth-order valence-electron chi connectivity index (χ4n) is 2.73. The number of pyridine rings is 2. The van der Waals surface area contributed by atoms with Crippen LogP contribution in [0.2, 0.25) is 5.02 Å². The topological polar surface area (TPSA) is 127 Å². The van der Waals surface area contributed by atoms with Crippen molar-refractivity contribution in [2.45, 2.75) is 13.1 Å². The van der Waals surface area contributed by atoms with Crippen molar-refractivity contribution in [1.82, 2.24) is 29.9 Å². The summed E-state index contributed by atoms with van der Waals surface area (Å²) in [5.41, 5.74) is 0.469. The molecule has 9 nitrogen and oxygen atoms in total. The SMILES string of the molecule is Cc1cc(Nc2ncc(C(F)(F)F)cn2)c2ncc(-c3nc(C(=O)O)ccc3Cl)nc2n1. The molecule has 0 aliphatic rings. The van der Waals surface area contributed by atoms with Crippen LogP contribution in [0, 0.1) is 6.92 Å². The van der Waals surface area contributed by atoms with E-state index in [0.29, 0.717) is 23.8 Å². The van der Waals surface area contributed by atoms with E-state index in [9.17, 15) is 18.0 Å². The molecule has 13 heteroatoms. The van der Waals surface area contributed by atoms with Crippen molar-refractivity contribution in [3.8, 4) is 11.4 Å². The first-order valence-corrected chi connectivity index (χ1v) is 9.20. The molecule has 0 amide bonds. The highest BCUT2D eigenvalue weighted by Gasteiger charge is 2.31. The van der Waals surface area contributed by atoms with Crippen molar-refractivity contribution in [2.24, 2.45) is 0 Å². The Balaban J connectivity index is 1.74. The second kappa shape index (κ2) is 7.96. The summed E-state index contributed by atoms with van der Waals surface area (Å²) in [5, 5.41) is 12.1. The van der Waals surface area contributed by atoms with Crippen molar-refractivity contribution >= 4 is 40.4 Å². The Hall–Kier alpha value is -3.93. The lowest BCUT2D eigenvalue weighted by atomic mass is 10.2. The van der Waals surface area contributed by atoms with Gasteiger partial charge in [-0.25, -0.2) is 34.7 Å². The van der Waals surface area contributed by atoms with Crippen molar-refractivity contribution in [3.63, 3.8) is 0 Å². The molecule has 0 aliphatic heterocycles. The number of carboxylic acid groups (broad SMARTS) is 1. The molecule has 4 heterocycles. The van der Waals surface area contributed by atoms with Gasteiger partial charge >= 0.3 is 12.1 Å². The fourth-order valence-corrected chi connectivity index (χ4v) is 2.94. The first-order chi connectivity index (χ1) is 15.1. The lowest BCUT2D eigenvalue weighted by Gasteiger charge is -2.11. The van der Waals surface area contributed by atoms with Crippen LogP contribution in [0.15, 0.2) is 36.8 Å². The highest BCUT2D eigenvalue weighted by atomic mass is 35.5. The molecule has 0 saturated carbocycles. The molecule has 0 spiro atoms. The molecule has 0 unspecified atom stereocenters. The minimum absolute atomic E-state index is 0.0744. The smallest absolute Gasteiger partial charge is 0.419 e. The van der Waals surface area contributed by atoms with Crippen molar-refractivity contribution in [1.29, 1.82) is 0 Å². The van der Waals surface area contributed by atoms with Crippen LogP contribution in [-0.4, -0.2) is 41.0 Å². The average Bonchev–Trinajstić information content (AvgIpc) is 2.73.